The summed E-state index contributed by atoms with van der Waals surface area (Å²) in [5.74, 6) is 0.681. The fourth-order valence-electron chi connectivity index (χ4n) is 3.69. The first kappa shape index (κ1) is 15.7. The number of nitrogens with zero attached hydrogens (tertiary/aromatic N) is 4. The van der Waals surface area contributed by atoms with Gasteiger partial charge >= 0.3 is 0 Å². The fraction of sp³-hybridized carbons (Fsp3) is 0.0870. The van der Waals surface area contributed by atoms with E-state index in [1.54, 1.807) is 0 Å². The lowest BCUT2D eigenvalue weighted by atomic mass is 10.1. The van der Waals surface area contributed by atoms with E-state index >= 15 is 0 Å². The van der Waals surface area contributed by atoms with Crippen molar-refractivity contribution in [2.24, 2.45) is 0 Å². The molecule has 130 valence electrons. The Morgan fingerprint density at radius 1 is 0.704 bits per heavy atom. The van der Waals surface area contributed by atoms with Gasteiger partial charge in [-0.3, -0.25) is 0 Å². The fourth-order valence-corrected chi connectivity index (χ4v) is 3.69. The second kappa shape index (κ2) is 6.02. The van der Waals surface area contributed by atoms with Crippen LogP contribution in [0.2, 0.25) is 0 Å². The summed E-state index contributed by atoms with van der Waals surface area (Å²) in [6, 6.07) is 21.6. The Labute approximate surface area is 157 Å². The molecule has 0 aliphatic rings. The summed E-state index contributed by atoms with van der Waals surface area (Å²) in [6.45, 7) is 4.27. The van der Waals surface area contributed by atoms with Gasteiger partial charge in [-0.2, -0.15) is 0 Å². The molecule has 0 saturated carbocycles. The predicted molar refractivity (Wildman–Crippen MR) is 109 cm³/mol. The number of fused-ring (bicyclic) bond motifs is 3. The van der Waals surface area contributed by atoms with Crippen molar-refractivity contribution in [3.8, 4) is 17.1 Å². The smallest absolute Gasteiger partial charge is 0.162 e. The highest BCUT2D eigenvalue weighted by molar-refractivity contribution is 6.09. The highest BCUT2D eigenvalue weighted by Gasteiger charge is 2.13. The van der Waals surface area contributed by atoms with Gasteiger partial charge in [-0.05, 0) is 49.2 Å². The van der Waals surface area contributed by atoms with Crippen molar-refractivity contribution in [3.63, 3.8) is 0 Å². The summed E-state index contributed by atoms with van der Waals surface area (Å²) in [5, 5.41) is 2.53. The Balaban J connectivity index is 1.84. The SMILES string of the molecule is Cc1ccc2c3ccc(C)cc3n(-c3cccc(-c4ncncn4)c3)c2c1. The van der Waals surface area contributed by atoms with E-state index in [0.717, 1.165) is 11.3 Å². The first-order valence-electron chi connectivity index (χ1n) is 8.95. The van der Waals surface area contributed by atoms with Gasteiger partial charge in [0, 0.05) is 22.0 Å². The molecular formula is C23H18N4. The second-order valence-corrected chi connectivity index (χ2v) is 6.89. The maximum Gasteiger partial charge on any atom is 0.162 e. The molecule has 2 aromatic heterocycles. The minimum absolute atomic E-state index is 0.681. The zero-order valence-electron chi connectivity index (χ0n) is 15.2. The lowest BCUT2D eigenvalue weighted by Crippen LogP contribution is -1.96. The molecule has 0 bridgehead atoms. The largest absolute Gasteiger partial charge is 0.309 e. The van der Waals surface area contributed by atoms with Gasteiger partial charge in [0.2, 0.25) is 0 Å². The standard InChI is InChI=1S/C23H18N4/c1-15-6-8-19-20-9-7-16(2)11-22(20)27(21(19)10-15)18-5-3-4-17(12-18)23-25-13-24-14-26-23/h3-14H,1-2H3. The van der Waals surface area contributed by atoms with Crippen molar-refractivity contribution < 1.29 is 0 Å². The Morgan fingerprint density at radius 3 is 1.96 bits per heavy atom. The topological polar surface area (TPSA) is 43.6 Å². The molecule has 2 heterocycles. The van der Waals surface area contributed by atoms with Gasteiger partial charge in [0.15, 0.2) is 5.82 Å². The quantitative estimate of drug-likeness (QED) is 0.436. The van der Waals surface area contributed by atoms with Crippen LogP contribution in [0, 0.1) is 13.8 Å². The normalized spacial score (nSPS) is 11.3. The number of aryl methyl sites for hydroxylation is 2. The number of aromatic nitrogens is 4. The summed E-state index contributed by atoms with van der Waals surface area (Å²) in [4.78, 5) is 12.5. The molecule has 5 rings (SSSR count). The Hall–Kier alpha value is -3.53. The van der Waals surface area contributed by atoms with Crippen molar-refractivity contribution in [1.29, 1.82) is 0 Å². The molecule has 0 amide bonds. The number of hydrogen-bond donors (Lipinski definition) is 0. The molecule has 5 aromatic rings. The zero-order chi connectivity index (χ0) is 18.4. The molecule has 3 aromatic carbocycles. The van der Waals surface area contributed by atoms with Gasteiger partial charge in [-0.1, -0.05) is 36.4 Å². The maximum absolute atomic E-state index is 4.29. The molecule has 0 N–H and O–H groups in total. The minimum atomic E-state index is 0.681. The number of rotatable bonds is 2. The first-order chi connectivity index (χ1) is 13.2. The van der Waals surface area contributed by atoms with Crippen molar-refractivity contribution in [3.05, 3.63) is 84.4 Å². The summed E-state index contributed by atoms with van der Waals surface area (Å²) < 4.78 is 2.33. The Morgan fingerprint density at radius 2 is 1.33 bits per heavy atom. The van der Waals surface area contributed by atoms with Gasteiger partial charge in [-0.15, -0.1) is 0 Å². The van der Waals surface area contributed by atoms with E-state index in [-0.39, 0.29) is 0 Å². The monoisotopic (exact) mass is 350 g/mol. The Kier molecular flexibility index (Phi) is 3.50. The van der Waals surface area contributed by atoms with Crippen LogP contribution in [-0.2, 0) is 0 Å². The predicted octanol–water partition coefficient (Wildman–Crippen LogP) is 5.25. The number of hydrogen-bond acceptors (Lipinski definition) is 3. The molecule has 0 unspecified atom stereocenters. The third-order valence-electron chi connectivity index (χ3n) is 4.93. The molecule has 27 heavy (non-hydrogen) atoms. The van der Waals surface area contributed by atoms with Crippen LogP contribution in [0.1, 0.15) is 11.1 Å². The molecule has 0 atom stereocenters. The van der Waals surface area contributed by atoms with E-state index in [0.29, 0.717) is 5.82 Å². The van der Waals surface area contributed by atoms with Crippen LogP contribution < -0.4 is 0 Å². The van der Waals surface area contributed by atoms with Gasteiger partial charge in [0.1, 0.15) is 12.7 Å². The van der Waals surface area contributed by atoms with Gasteiger partial charge in [-0.25, -0.2) is 15.0 Å². The zero-order valence-corrected chi connectivity index (χ0v) is 15.2. The maximum atomic E-state index is 4.29. The summed E-state index contributed by atoms with van der Waals surface area (Å²) in [5.41, 5.74) is 7.00. The molecule has 0 spiro atoms. The molecule has 4 nitrogen and oxygen atoms in total. The van der Waals surface area contributed by atoms with Crippen LogP contribution in [0.15, 0.2) is 73.3 Å². The second-order valence-electron chi connectivity index (χ2n) is 6.89. The van der Waals surface area contributed by atoms with Gasteiger partial charge in [0.25, 0.3) is 0 Å². The number of benzene rings is 3. The van der Waals surface area contributed by atoms with Crippen LogP contribution >= 0.6 is 0 Å². The first-order valence-corrected chi connectivity index (χ1v) is 8.95. The van der Waals surface area contributed by atoms with E-state index in [1.165, 1.54) is 45.6 Å². The van der Waals surface area contributed by atoms with Gasteiger partial charge < -0.3 is 4.57 Å². The van der Waals surface area contributed by atoms with Crippen LogP contribution in [0.3, 0.4) is 0 Å². The van der Waals surface area contributed by atoms with Crippen molar-refractivity contribution >= 4 is 21.8 Å². The lowest BCUT2D eigenvalue weighted by Gasteiger charge is -2.10. The van der Waals surface area contributed by atoms with E-state index in [2.05, 4.69) is 88.0 Å². The van der Waals surface area contributed by atoms with Crippen molar-refractivity contribution in [2.75, 3.05) is 0 Å². The molecule has 0 aliphatic heterocycles. The van der Waals surface area contributed by atoms with Crippen LogP contribution in [0.4, 0.5) is 0 Å². The van der Waals surface area contributed by atoms with E-state index < -0.39 is 0 Å². The summed E-state index contributed by atoms with van der Waals surface area (Å²) in [7, 11) is 0. The van der Waals surface area contributed by atoms with Crippen LogP contribution in [0.5, 0.6) is 0 Å². The molecule has 0 saturated heterocycles. The summed E-state index contributed by atoms with van der Waals surface area (Å²) >= 11 is 0. The van der Waals surface area contributed by atoms with Crippen molar-refractivity contribution in [2.45, 2.75) is 13.8 Å². The molecule has 0 fully saturated rings. The van der Waals surface area contributed by atoms with Gasteiger partial charge in [0.05, 0.1) is 11.0 Å². The van der Waals surface area contributed by atoms with E-state index in [1.807, 2.05) is 6.07 Å². The van der Waals surface area contributed by atoms with Crippen LogP contribution in [-0.4, -0.2) is 19.5 Å². The summed E-state index contributed by atoms with van der Waals surface area (Å²) in [6.07, 6.45) is 3.06. The highest BCUT2D eigenvalue weighted by atomic mass is 15.0. The van der Waals surface area contributed by atoms with Crippen LogP contribution in [0.25, 0.3) is 38.9 Å². The van der Waals surface area contributed by atoms with Crippen molar-refractivity contribution in [1.82, 2.24) is 19.5 Å². The van der Waals surface area contributed by atoms with E-state index in [9.17, 15) is 0 Å². The molecule has 0 aliphatic carbocycles. The lowest BCUT2D eigenvalue weighted by molar-refractivity contribution is 1.05. The molecule has 4 heteroatoms. The average molecular weight is 350 g/mol. The molecular weight excluding hydrogens is 332 g/mol. The Bertz CT molecular complexity index is 1230. The average Bonchev–Trinajstić information content (AvgIpc) is 3.01. The third-order valence-corrected chi connectivity index (χ3v) is 4.93. The van der Waals surface area contributed by atoms with E-state index in [4.69, 9.17) is 0 Å². The highest BCUT2D eigenvalue weighted by Crippen LogP contribution is 2.33. The minimum Gasteiger partial charge on any atom is -0.309 e. The molecule has 0 radical (unpaired) electrons. The third kappa shape index (κ3) is 2.57.